The Hall–Kier alpha value is -0.0800. The van der Waals surface area contributed by atoms with Crippen LogP contribution >= 0.6 is 0 Å². The summed E-state index contributed by atoms with van der Waals surface area (Å²) in [6.07, 6.45) is 15.1. The van der Waals surface area contributed by atoms with Crippen LogP contribution in [0.2, 0.25) is 0 Å². The highest BCUT2D eigenvalue weighted by Gasteiger charge is 2.53. The second-order valence-electron chi connectivity index (χ2n) is 12.4. The predicted molar refractivity (Wildman–Crippen MR) is 123 cm³/mol. The number of rotatable bonds is 8. The molecule has 0 aromatic carbocycles. The molecule has 0 aromatic heterocycles. The molecule has 0 aliphatic heterocycles. The third kappa shape index (κ3) is 5.05. The quantitative estimate of drug-likeness (QED) is 0.463. The number of aliphatic hydroxyl groups is 2. The lowest BCUT2D eigenvalue weighted by atomic mass is 9.53. The van der Waals surface area contributed by atoms with Crippen molar-refractivity contribution in [2.45, 2.75) is 118 Å². The zero-order chi connectivity index (χ0) is 21.2. The summed E-state index contributed by atoms with van der Waals surface area (Å²) in [5.41, 5.74) is 0.761. The Kier molecular flexibility index (Phi) is 7.80. The first-order valence-electron chi connectivity index (χ1n) is 13.0. The minimum Gasteiger partial charge on any atom is -0.396 e. The molecule has 0 amide bonds. The van der Waals surface area contributed by atoms with Gasteiger partial charge in [-0.05, 0) is 104 Å². The molecular formula is C27H50O2. The van der Waals surface area contributed by atoms with Gasteiger partial charge in [0.1, 0.15) is 0 Å². The van der Waals surface area contributed by atoms with E-state index in [1.54, 1.807) is 0 Å². The third-order valence-electron chi connectivity index (χ3n) is 10.0. The van der Waals surface area contributed by atoms with Crippen LogP contribution in [0.5, 0.6) is 0 Å². The van der Waals surface area contributed by atoms with Crippen molar-refractivity contribution in [1.82, 2.24) is 0 Å². The molecule has 2 unspecified atom stereocenters. The van der Waals surface area contributed by atoms with E-state index in [0.717, 1.165) is 54.8 Å². The van der Waals surface area contributed by atoms with E-state index in [1.165, 1.54) is 57.8 Å². The Morgan fingerprint density at radius 2 is 1.72 bits per heavy atom. The van der Waals surface area contributed by atoms with E-state index in [0.29, 0.717) is 17.4 Å². The zero-order valence-corrected chi connectivity index (χ0v) is 20.1. The van der Waals surface area contributed by atoms with Crippen LogP contribution in [0.3, 0.4) is 0 Å². The maximum atomic E-state index is 10.2. The van der Waals surface area contributed by atoms with Crippen LogP contribution < -0.4 is 0 Å². The van der Waals surface area contributed by atoms with Crippen molar-refractivity contribution in [3.8, 4) is 0 Å². The summed E-state index contributed by atoms with van der Waals surface area (Å²) in [7, 11) is 0. The van der Waals surface area contributed by atoms with Gasteiger partial charge in [-0.25, -0.2) is 0 Å². The molecule has 2 heteroatoms. The van der Waals surface area contributed by atoms with Crippen molar-refractivity contribution >= 4 is 0 Å². The smallest absolute Gasteiger partial charge is 0.0543 e. The van der Waals surface area contributed by atoms with Gasteiger partial charge in [-0.15, -0.1) is 0 Å². The van der Waals surface area contributed by atoms with Crippen LogP contribution in [-0.4, -0.2) is 22.9 Å². The Labute approximate surface area is 181 Å². The van der Waals surface area contributed by atoms with E-state index < -0.39 is 0 Å². The van der Waals surface area contributed by atoms with Gasteiger partial charge < -0.3 is 10.2 Å². The molecule has 3 fully saturated rings. The molecule has 3 aliphatic carbocycles. The molecule has 3 rings (SSSR count). The van der Waals surface area contributed by atoms with Crippen molar-refractivity contribution in [1.29, 1.82) is 0 Å². The summed E-state index contributed by atoms with van der Waals surface area (Å²) >= 11 is 0. The normalized spacial score (nSPS) is 44.1. The molecule has 0 radical (unpaired) electrons. The molecule has 0 spiro atoms. The molecule has 3 aliphatic rings. The molecule has 3 saturated carbocycles. The first kappa shape index (κ1) is 23.6. The van der Waals surface area contributed by atoms with Crippen LogP contribution in [0, 0.1) is 46.3 Å². The predicted octanol–water partition coefficient (Wildman–Crippen LogP) is 6.83. The first-order valence-corrected chi connectivity index (χ1v) is 13.0. The summed E-state index contributed by atoms with van der Waals surface area (Å²) in [6, 6.07) is 0. The lowest BCUT2D eigenvalue weighted by Crippen LogP contribution is -2.45. The van der Waals surface area contributed by atoms with Gasteiger partial charge in [0.25, 0.3) is 0 Å². The van der Waals surface area contributed by atoms with E-state index in [9.17, 15) is 10.2 Å². The fourth-order valence-corrected chi connectivity index (χ4v) is 8.29. The van der Waals surface area contributed by atoms with Crippen LogP contribution in [0.4, 0.5) is 0 Å². The monoisotopic (exact) mass is 406 g/mol. The van der Waals surface area contributed by atoms with Gasteiger partial charge in [0.2, 0.25) is 0 Å². The Bertz CT molecular complexity index is 517. The molecule has 0 heterocycles. The molecular weight excluding hydrogens is 356 g/mol. The number of hydrogen-bond donors (Lipinski definition) is 2. The average molecular weight is 407 g/mol. The highest BCUT2D eigenvalue weighted by Crippen LogP contribution is 2.61. The van der Waals surface area contributed by atoms with Gasteiger partial charge in [-0.1, -0.05) is 53.9 Å². The lowest BCUT2D eigenvalue weighted by molar-refractivity contribution is -0.0530. The number of hydrogen-bond acceptors (Lipinski definition) is 2. The van der Waals surface area contributed by atoms with Crippen molar-refractivity contribution < 1.29 is 10.2 Å². The van der Waals surface area contributed by atoms with Crippen LogP contribution in [-0.2, 0) is 0 Å². The minimum atomic E-state index is -0.0492. The summed E-state index contributed by atoms with van der Waals surface area (Å²) in [5, 5.41) is 20.2. The molecule has 0 saturated heterocycles. The highest BCUT2D eigenvalue weighted by molar-refractivity contribution is 5.03. The summed E-state index contributed by atoms with van der Waals surface area (Å²) < 4.78 is 0. The van der Waals surface area contributed by atoms with Gasteiger partial charge in [-0.2, -0.15) is 0 Å². The van der Waals surface area contributed by atoms with E-state index in [-0.39, 0.29) is 6.10 Å². The molecule has 2 nitrogen and oxygen atoms in total. The van der Waals surface area contributed by atoms with Gasteiger partial charge in [0.05, 0.1) is 6.10 Å². The van der Waals surface area contributed by atoms with E-state index in [2.05, 4.69) is 34.6 Å². The molecule has 170 valence electrons. The fourth-order valence-electron chi connectivity index (χ4n) is 8.29. The summed E-state index contributed by atoms with van der Waals surface area (Å²) in [6.45, 7) is 12.6. The molecule has 29 heavy (non-hydrogen) atoms. The van der Waals surface area contributed by atoms with Crippen molar-refractivity contribution in [3.63, 3.8) is 0 Å². The standard InChI is InChI=1S/C27H50O2/c1-19(2)7-6-8-20(3)24-11-12-25(27(24,5)15-16-28)21-9-10-22-17-23(29)13-14-26(22,4)18-21/h19-25,28-29H,6-18H2,1-5H3/t20-,21?,22+,23+,24-,25?,26-,27-/m1/s1. The first-order chi connectivity index (χ1) is 13.7. The Morgan fingerprint density at radius 1 is 0.966 bits per heavy atom. The second kappa shape index (κ2) is 9.60. The van der Waals surface area contributed by atoms with Crippen molar-refractivity contribution in [2.24, 2.45) is 46.3 Å². The van der Waals surface area contributed by atoms with E-state index >= 15 is 0 Å². The van der Waals surface area contributed by atoms with Crippen molar-refractivity contribution in [2.75, 3.05) is 6.61 Å². The van der Waals surface area contributed by atoms with Gasteiger partial charge in [-0.3, -0.25) is 0 Å². The Balaban J connectivity index is 1.69. The topological polar surface area (TPSA) is 40.5 Å². The van der Waals surface area contributed by atoms with Gasteiger partial charge in [0.15, 0.2) is 0 Å². The fraction of sp³-hybridized carbons (Fsp3) is 1.00. The largest absolute Gasteiger partial charge is 0.396 e. The van der Waals surface area contributed by atoms with E-state index in [4.69, 9.17) is 0 Å². The van der Waals surface area contributed by atoms with Crippen LogP contribution in [0.15, 0.2) is 0 Å². The van der Waals surface area contributed by atoms with Crippen molar-refractivity contribution in [3.05, 3.63) is 0 Å². The summed E-state index contributed by atoms with van der Waals surface area (Å²) in [4.78, 5) is 0. The number of aliphatic hydroxyl groups excluding tert-OH is 2. The molecule has 0 bridgehead atoms. The highest BCUT2D eigenvalue weighted by atomic mass is 16.3. The van der Waals surface area contributed by atoms with E-state index in [1.807, 2.05) is 0 Å². The Morgan fingerprint density at radius 3 is 2.41 bits per heavy atom. The molecule has 8 atom stereocenters. The third-order valence-corrected chi connectivity index (χ3v) is 10.0. The van der Waals surface area contributed by atoms with Crippen LogP contribution in [0.1, 0.15) is 112 Å². The summed E-state index contributed by atoms with van der Waals surface area (Å²) in [5.74, 6) is 4.73. The van der Waals surface area contributed by atoms with Gasteiger partial charge in [0, 0.05) is 6.61 Å². The second-order valence-corrected chi connectivity index (χ2v) is 12.4. The average Bonchev–Trinajstić information content (AvgIpc) is 2.98. The lowest BCUT2D eigenvalue weighted by Gasteiger charge is -2.53. The minimum absolute atomic E-state index is 0.0492. The number of fused-ring (bicyclic) bond motifs is 1. The maximum absolute atomic E-state index is 10.2. The molecule has 2 N–H and O–H groups in total. The zero-order valence-electron chi connectivity index (χ0n) is 20.1. The SMILES string of the molecule is CC(C)CCC[C@@H](C)[C@H]1CCC(C2CC[C@H]3C[C@@H](O)CC[C@]3(C)C2)[C@]1(C)CCO. The van der Waals surface area contributed by atoms with Crippen LogP contribution in [0.25, 0.3) is 0 Å². The maximum Gasteiger partial charge on any atom is 0.0543 e. The molecule has 0 aromatic rings. The van der Waals surface area contributed by atoms with Gasteiger partial charge >= 0.3 is 0 Å².